The molecule has 0 aromatic heterocycles. The van der Waals surface area contributed by atoms with Crippen LogP contribution < -0.4 is 5.14 Å². The average molecular weight is 394 g/mol. The van der Waals surface area contributed by atoms with Gasteiger partial charge < -0.3 is 14.4 Å². The number of fused-ring (bicyclic) bond motifs is 1. The first-order valence-electron chi connectivity index (χ1n) is 9.34. The molecular formula is C19H26N2O5S. The fourth-order valence-electron chi connectivity index (χ4n) is 4.68. The number of hydrogen-bond acceptors (Lipinski definition) is 5. The zero-order chi connectivity index (χ0) is 19.4. The molecule has 2 N–H and O–H groups in total. The average Bonchev–Trinajstić information content (AvgIpc) is 3.19. The highest BCUT2D eigenvalue weighted by atomic mass is 32.2. The SMILES string of the molecule is CC1(C)CN(C(=O)c2cc3c(c(S(N)(=O)=O)c2)CCC3)CC2(CCOC2)O1. The van der Waals surface area contributed by atoms with Gasteiger partial charge in [0, 0.05) is 25.1 Å². The molecular weight excluding hydrogens is 368 g/mol. The predicted molar refractivity (Wildman–Crippen MR) is 99.1 cm³/mol. The van der Waals surface area contributed by atoms with E-state index in [0.717, 1.165) is 30.4 Å². The highest BCUT2D eigenvalue weighted by Crippen LogP contribution is 2.36. The Morgan fingerprint density at radius 1 is 1.22 bits per heavy atom. The van der Waals surface area contributed by atoms with Crippen molar-refractivity contribution in [1.29, 1.82) is 0 Å². The molecule has 2 aliphatic heterocycles. The van der Waals surface area contributed by atoms with Gasteiger partial charge in [0.2, 0.25) is 10.0 Å². The third-order valence-corrected chi connectivity index (χ3v) is 6.60. The van der Waals surface area contributed by atoms with E-state index in [1.54, 1.807) is 4.90 Å². The van der Waals surface area contributed by atoms with Crippen LogP contribution in [0.3, 0.4) is 0 Å². The maximum Gasteiger partial charge on any atom is 0.254 e. The van der Waals surface area contributed by atoms with Crippen LogP contribution in [-0.4, -0.2) is 56.7 Å². The Balaban J connectivity index is 1.70. The van der Waals surface area contributed by atoms with Gasteiger partial charge in [-0.3, -0.25) is 4.79 Å². The molecule has 1 unspecified atom stereocenters. The Hall–Kier alpha value is -1.48. The fourth-order valence-corrected chi connectivity index (χ4v) is 5.54. The molecule has 2 saturated heterocycles. The highest BCUT2D eigenvalue weighted by Gasteiger charge is 2.48. The normalized spacial score (nSPS) is 27.1. The third-order valence-electron chi connectivity index (χ3n) is 5.63. The van der Waals surface area contributed by atoms with Gasteiger partial charge in [0.25, 0.3) is 5.91 Å². The second kappa shape index (κ2) is 6.27. The maximum atomic E-state index is 13.3. The number of hydrogen-bond donors (Lipinski definition) is 1. The van der Waals surface area contributed by atoms with Gasteiger partial charge in [-0.05, 0) is 56.4 Å². The summed E-state index contributed by atoms with van der Waals surface area (Å²) >= 11 is 0. The molecule has 1 spiro atoms. The van der Waals surface area contributed by atoms with Crippen molar-refractivity contribution >= 4 is 15.9 Å². The monoisotopic (exact) mass is 394 g/mol. The standard InChI is InChI=1S/C19H26N2O5S/c1-18(2)10-21(11-19(26-18)6-7-25-12-19)17(22)14-8-13-4-3-5-15(13)16(9-14)27(20,23)24/h8-9H,3-7,10-12H2,1-2H3,(H2,20,23,24). The Labute approximate surface area is 159 Å². The van der Waals surface area contributed by atoms with Crippen molar-refractivity contribution in [1.82, 2.24) is 4.90 Å². The second-order valence-corrected chi connectivity index (χ2v) is 10.0. The van der Waals surface area contributed by atoms with Crippen molar-refractivity contribution in [3.63, 3.8) is 0 Å². The smallest absolute Gasteiger partial charge is 0.254 e. The summed E-state index contributed by atoms with van der Waals surface area (Å²) in [7, 11) is -3.88. The number of benzene rings is 1. The van der Waals surface area contributed by atoms with E-state index in [0.29, 0.717) is 38.3 Å². The summed E-state index contributed by atoms with van der Waals surface area (Å²) < 4.78 is 35.9. The van der Waals surface area contributed by atoms with Crippen molar-refractivity contribution in [2.24, 2.45) is 5.14 Å². The van der Waals surface area contributed by atoms with Crippen LogP contribution in [0.5, 0.6) is 0 Å². The first-order chi connectivity index (χ1) is 12.6. The summed E-state index contributed by atoms with van der Waals surface area (Å²) in [6, 6.07) is 3.28. The number of amides is 1. The molecule has 0 saturated carbocycles. The number of sulfonamides is 1. The first-order valence-corrected chi connectivity index (χ1v) is 10.9. The molecule has 0 radical (unpaired) electrons. The van der Waals surface area contributed by atoms with Crippen molar-refractivity contribution in [2.45, 2.75) is 55.6 Å². The van der Waals surface area contributed by atoms with Gasteiger partial charge >= 0.3 is 0 Å². The molecule has 3 aliphatic rings. The minimum atomic E-state index is -3.88. The van der Waals surface area contributed by atoms with E-state index in [1.165, 1.54) is 6.07 Å². The number of ether oxygens (including phenoxy) is 2. The van der Waals surface area contributed by atoms with Crippen LogP contribution in [0.1, 0.15) is 48.2 Å². The van der Waals surface area contributed by atoms with Crippen LogP contribution in [0.2, 0.25) is 0 Å². The molecule has 148 valence electrons. The van der Waals surface area contributed by atoms with Crippen molar-refractivity contribution in [2.75, 3.05) is 26.3 Å². The molecule has 1 aromatic carbocycles. The molecule has 0 bridgehead atoms. The lowest BCUT2D eigenvalue weighted by Crippen LogP contribution is -2.61. The molecule has 1 atom stereocenters. The molecule has 7 nitrogen and oxygen atoms in total. The summed E-state index contributed by atoms with van der Waals surface area (Å²) in [4.78, 5) is 15.2. The van der Waals surface area contributed by atoms with Gasteiger partial charge in [-0.2, -0.15) is 0 Å². The quantitative estimate of drug-likeness (QED) is 0.813. The van der Waals surface area contributed by atoms with Crippen LogP contribution in [0, 0.1) is 0 Å². The summed E-state index contributed by atoms with van der Waals surface area (Å²) in [5.41, 5.74) is 1.07. The molecule has 1 amide bonds. The van der Waals surface area contributed by atoms with Gasteiger partial charge in [-0.15, -0.1) is 0 Å². The minimum Gasteiger partial charge on any atom is -0.378 e. The third kappa shape index (κ3) is 3.51. The van der Waals surface area contributed by atoms with Crippen molar-refractivity contribution in [3.05, 3.63) is 28.8 Å². The molecule has 1 aliphatic carbocycles. The number of nitrogens with two attached hydrogens (primary N) is 1. The van der Waals surface area contributed by atoms with Crippen molar-refractivity contribution in [3.8, 4) is 0 Å². The lowest BCUT2D eigenvalue weighted by molar-refractivity contribution is -0.186. The van der Waals surface area contributed by atoms with E-state index in [2.05, 4.69) is 0 Å². The minimum absolute atomic E-state index is 0.0901. The van der Waals surface area contributed by atoms with Crippen LogP contribution in [0.4, 0.5) is 0 Å². The van der Waals surface area contributed by atoms with E-state index in [1.807, 2.05) is 19.9 Å². The van der Waals surface area contributed by atoms with E-state index in [9.17, 15) is 13.2 Å². The van der Waals surface area contributed by atoms with Gasteiger partial charge in [0.15, 0.2) is 0 Å². The molecule has 4 rings (SSSR count). The summed E-state index contributed by atoms with van der Waals surface area (Å²) in [6.45, 7) is 5.89. The molecule has 2 fully saturated rings. The summed E-state index contributed by atoms with van der Waals surface area (Å²) in [5.74, 6) is -0.183. The fraction of sp³-hybridized carbons (Fsp3) is 0.632. The predicted octanol–water partition coefficient (Wildman–Crippen LogP) is 1.23. The Morgan fingerprint density at radius 3 is 2.67 bits per heavy atom. The highest BCUT2D eigenvalue weighted by molar-refractivity contribution is 7.89. The first kappa shape index (κ1) is 18.9. The molecule has 1 aromatic rings. The van der Waals surface area contributed by atoms with Gasteiger partial charge in [-0.25, -0.2) is 13.6 Å². The van der Waals surface area contributed by atoms with Gasteiger partial charge in [0.1, 0.15) is 5.60 Å². The van der Waals surface area contributed by atoms with E-state index < -0.39 is 21.2 Å². The number of carbonyl (C=O) groups is 1. The van der Waals surface area contributed by atoms with Crippen LogP contribution in [0.15, 0.2) is 17.0 Å². The number of carbonyl (C=O) groups excluding carboxylic acids is 1. The summed E-state index contributed by atoms with van der Waals surface area (Å²) in [6.07, 6.45) is 3.07. The second-order valence-electron chi connectivity index (χ2n) is 8.52. The summed E-state index contributed by atoms with van der Waals surface area (Å²) in [5, 5.41) is 5.43. The van der Waals surface area contributed by atoms with Crippen LogP contribution in [-0.2, 0) is 32.3 Å². The maximum absolute atomic E-state index is 13.3. The zero-order valence-electron chi connectivity index (χ0n) is 15.8. The van der Waals surface area contributed by atoms with E-state index in [4.69, 9.17) is 14.6 Å². The number of morpholine rings is 1. The molecule has 2 heterocycles. The number of primary sulfonamides is 1. The lowest BCUT2D eigenvalue weighted by Gasteiger charge is -2.48. The van der Waals surface area contributed by atoms with Gasteiger partial charge in [0.05, 0.1) is 23.6 Å². The number of nitrogens with zero attached hydrogens (tertiary/aromatic N) is 1. The van der Waals surface area contributed by atoms with E-state index >= 15 is 0 Å². The number of aryl methyl sites for hydroxylation is 1. The van der Waals surface area contributed by atoms with Crippen LogP contribution >= 0.6 is 0 Å². The number of rotatable bonds is 2. The molecule has 8 heteroatoms. The van der Waals surface area contributed by atoms with E-state index in [-0.39, 0.29) is 10.8 Å². The zero-order valence-corrected chi connectivity index (χ0v) is 16.6. The lowest BCUT2D eigenvalue weighted by atomic mass is 9.94. The Morgan fingerprint density at radius 2 is 2.00 bits per heavy atom. The Bertz CT molecular complexity index is 888. The van der Waals surface area contributed by atoms with Crippen LogP contribution in [0.25, 0.3) is 0 Å². The van der Waals surface area contributed by atoms with Crippen molar-refractivity contribution < 1.29 is 22.7 Å². The Kier molecular flexibility index (Phi) is 4.38. The topological polar surface area (TPSA) is 98.9 Å². The van der Waals surface area contributed by atoms with Gasteiger partial charge in [-0.1, -0.05) is 0 Å². The molecule has 27 heavy (non-hydrogen) atoms. The largest absolute Gasteiger partial charge is 0.378 e.